The highest BCUT2D eigenvalue weighted by atomic mass is 32.1. The smallest absolute Gasteiger partial charge is 0.106 e. The number of nitrogen functional groups attached to an aromatic ring is 1. The lowest BCUT2D eigenvalue weighted by Gasteiger charge is -2.25. The van der Waals surface area contributed by atoms with Crippen molar-refractivity contribution in [2.24, 2.45) is 5.41 Å². The van der Waals surface area contributed by atoms with Crippen molar-refractivity contribution in [1.82, 2.24) is 4.98 Å². The van der Waals surface area contributed by atoms with Gasteiger partial charge in [-0.05, 0) is 30.4 Å². The lowest BCUT2D eigenvalue weighted by atomic mass is 9.88. The molecule has 0 saturated carbocycles. The Morgan fingerprint density at radius 3 is 2.95 bits per heavy atom. The first-order valence-electron chi connectivity index (χ1n) is 6.50. The SMILES string of the molecule is CC(C)(CCCO)CNc1ccc2scnc2c1N. The van der Waals surface area contributed by atoms with E-state index in [4.69, 9.17) is 10.8 Å². The van der Waals surface area contributed by atoms with Crippen LogP contribution >= 0.6 is 11.3 Å². The third-order valence-corrected chi connectivity index (χ3v) is 4.10. The molecule has 0 spiro atoms. The van der Waals surface area contributed by atoms with Crippen LogP contribution in [0, 0.1) is 5.41 Å². The number of hydrogen-bond donors (Lipinski definition) is 3. The zero-order valence-electron chi connectivity index (χ0n) is 11.4. The van der Waals surface area contributed by atoms with Crippen LogP contribution in [0.5, 0.6) is 0 Å². The highest BCUT2D eigenvalue weighted by Gasteiger charge is 2.17. The van der Waals surface area contributed by atoms with Gasteiger partial charge in [-0.2, -0.15) is 0 Å². The molecule has 5 heteroatoms. The second-order valence-electron chi connectivity index (χ2n) is 5.57. The van der Waals surface area contributed by atoms with Crippen LogP contribution in [-0.2, 0) is 0 Å². The second-order valence-corrected chi connectivity index (χ2v) is 6.46. The number of thiazole rings is 1. The molecule has 1 aromatic carbocycles. The largest absolute Gasteiger partial charge is 0.396 e. The Hall–Kier alpha value is -1.33. The first-order chi connectivity index (χ1) is 9.03. The molecule has 104 valence electrons. The molecule has 1 aromatic heterocycles. The maximum atomic E-state index is 8.91. The van der Waals surface area contributed by atoms with E-state index in [9.17, 15) is 0 Å². The van der Waals surface area contributed by atoms with Crippen LogP contribution in [0.15, 0.2) is 17.6 Å². The van der Waals surface area contributed by atoms with Crippen molar-refractivity contribution in [3.05, 3.63) is 17.6 Å². The summed E-state index contributed by atoms with van der Waals surface area (Å²) in [4.78, 5) is 4.29. The van der Waals surface area contributed by atoms with Crippen molar-refractivity contribution in [2.75, 3.05) is 24.2 Å². The highest BCUT2D eigenvalue weighted by Crippen LogP contribution is 2.31. The van der Waals surface area contributed by atoms with Crippen molar-refractivity contribution in [2.45, 2.75) is 26.7 Å². The topological polar surface area (TPSA) is 71.2 Å². The molecule has 0 aliphatic heterocycles. The van der Waals surface area contributed by atoms with Gasteiger partial charge in [0.1, 0.15) is 5.52 Å². The van der Waals surface area contributed by atoms with Gasteiger partial charge in [0, 0.05) is 13.2 Å². The molecule has 19 heavy (non-hydrogen) atoms. The summed E-state index contributed by atoms with van der Waals surface area (Å²) in [7, 11) is 0. The van der Waals surface area contributed by atoms with E-state index in [1.807, 2.05) is 17.6 Å². The van der Waals surface area contributed by atoms with Crippen molar-refractivity contribution < 1.29 is 5.11 Å². The molecule has 0 saturated heterocycles. The molecule has 0 aliphatic carbocycles. The van der Waals surface area contributed by atoms with E-state index in [0.717, 1.165) is 41.0 Å². The zero-order chi connectivity index (χ0) is 13.9. The van der Waals surface area contributed by atoms with Crippen LogP contribution in [0.2, 0.25) is 0 Å². The summed E-state index contributed by atoms with van der Waals surface area (Å²) in [5.41, 5.74) is 10.6. The summed E-state index contributed by atoms with van der Waals surface area (Å²) in [6, 6.07) is 4.06. The Morgan fingerprint density at radius 1 is 1.42 bits per heavy atom. The molecule has 0 amide bonds. The summed E-state index contributed by atoms with van der Waals surface area (Å²) in [5, 5.41) is 12.3. The van der Waals surface area contributed by atoms with Crippen molar-refractivity contribution in [3.63, 3.8) is 0 Å². The van der Waals surface area contributed by atoms with Crippen LogP contribution in [-0.4, -0.2) is 23.2 Å². The fourth-order valence-electron chi connectivity index (χ4n) is 2.09. The zero-order valence-corrected chi connectivity index (χ0v) is 12.3. The molecule has 0 unspecified atom stereocenters. The number of fused-ring (bicyclic) bond motifs is 1. The Kier molecular flexibility index (Phi) is 4.27. The number of nitrogens with one attached hydrogen (secondary N) is 1. The van der Waals surface area contributed by atoms with E-state index in [-0.39, 0.29) is 12.0 Å². The van der Waals surface area contributed by atoms with Crippen LogP contribution in [0.4, 0.5) is 11.4 Å². The van der Waals surface area contributed by atoms with Gasteiger partial charge in [0.05, 0.1) is 21.6 Å². The fourth-order valence-corrected chi connectivity index (χ4v) is 2.78. The third kappa shape index (κ3) is 3.36. The third-order valence-electron chi connectivity index (χ3n) is 3.31. The number of aromatic nitrogens is 1. The number of nitrogens with zero attached hydrogens (tertiary/aromatic N) is 1. The van der Waals surface area contributed by atoms with Gasteiger partial charge >= 0.3 is 0 Å². The first-order valence-corrected chi connectivity index (χ1v) is 7.38. The van der Waals surface area contributed by atoms with Gasteiger partial charge < -0.3 is 16.2 Å². The summed E-state index contributed by atoms with van der Waals surface area (Å²) in [5.74, 6) is 0. The number of hydrogen-bond acceptors (Lipinski definition) is 5. The summed E-state index contributed by atoms with van der Waals surface area (Å²) < 4.78 is 1.11. The quantitative estimate of drug-likeness (QED) is 0.711. The summed E-state index contributed by atoms with van der Waals surface area (Å²) in [6.07, 6.45) is 1.81. The van der Waals surface area contributed by atoms with Crippen LogP contribution in [0.1, 0.15) is 26.7 Å². The molecule has 2 rings (SSSR count). The average Bonchev–Trinajstić information content (AvgIpc) is 2.85. The molecule has 0 radical (unpaired) electrons. The van der Waals surface area contributed by atoms with Gasteiger partial charge in [0.2, 0.25) is 0 Å². The van der Waals surface area contributed by atoms with E-state index in [1.165, 1.54) is 0 Å². The van der Waals surface area contributed by atoms with E-state index in [2.05, 4.69) is 24.1 Å². The normalized spacial score (nSPS) is 11.9. The summed E-state index contributed by atoms with van der Waals surface area (Å²) in [6.45, 7) is 5.45. The Balaban J connectivity index is 2.07. The number of rotatable bonds is 6. The minimum Gasteiger partial charge on any atom is -0.396 e. The van der Waals surface area contributed by atoms with Crippen molar-refractivity contribution in [3.8, 4) is 0 Å². The molecule has 0 aliphatic rings. The minimum atomic E-state index is 0.131. The highest BCUT2D eigenvalue weighted by molar-refractivity contribution is 7.16. The van der Waals surface area contributed by atoms with Crippen molar-refractivity contribution >= 4 is 32.9 Å². The van der Waals surface area contributed by atoms with Crippen LogP contribution < -0.4 is 11.1 Å². The van der Waals surface area contributed by atoms with Gasteiger partial charge in [-0.3, -0.25) is 0 Å². The van der Waals surface area contributed by atoms with Gasteiger partial charge in [-0.15, -0.1) is 11.3 Å². The maximum absolute atomic E-state index is 8.91. The fraction of sp³-hybridized carbons (Fsp3) is 0.500. The van der Waals surface area contributed by atoms with E-state index in [0.29, 0.717) is 0 Å². The number of benzene rings is 1. The molecule has 0 fully saturated rings. The lowest BCUT2D eigenvalue weighted by molar-refractivity contribution is 0.248. The van der Waals surface area contributed by atoms with E-state index >= 15 is 0 Å². The lowest BCUT2D eigenvalue weighted by Crippen LogP contribution is -2.23. The average molecular weight is 279 g/mol. The Labute approximate surface area is 117 Å². The van der Waals surface area contributed by atoms with Gasteiger partial charge in [-0.25, -0.2) is 4.98 Å². The molecule has 4 nitrogen and oxygen atoms in total. The Bertz CT molecular complexity index is 551. The molecule has 0 bridgehead atoms. The minimum absolute atomic E-state index is 0.131. The molecule has 0 atom stereocenters. The predicted molar refractivity (Wildman–Crippen MR) is 82.6 cm³/mol. The molecular formula is C14H21N3OS. The monoisotopic (exact) mass is 279 g/mol. The second kappa shape index (κ2) is 5.75. The molecule has 4 N–H and O–H groups in total. The van der Waals surface area contributed by atoms with Gasteiger partial charge in [-0.1, -0.05) is 13.8 Å². The Morgan fingerprint density at radius 2 is 2.21 bits per heavy atom. The predicted octanol–water partition coefficient (Wildman–Crippen LogP) is 3.09. The van der Waals surface area contributed by atoms with E-state index in [1.54, 1.807) is 11.3 Å². The molecule has 2 aromatic rings. The van der Waals surface area contributed by atoms with Crippen molar-refractivity contribution in [1.29, 1.82) is 0 Å². The number of nitrogens with two attached hydrogens (primary N) is 1. The molecular weight excluding hydrogens is 258 g/mol. The number of aliphatic hydroxyl groups excluding tert-OH is 1. The maximum Gasteiger partial charge on any atom is 0.106 e. The number of aliphatic hydroxyl groups is 1. The first kappa shape index (κ1) is 14.1. The van der Waals surface area contributed by atoms with Crippen LogP contribution in [0.25, 0.3) is 10.2 Å². The standard InChI is InChI=1S/C14H21N3OS/c1-14(2,6-3-7-18)8-16-10-4-5-11-13(12(10)15)17-9-19-11/h4-5,9,16,18H,3,6-8,15H2,1-2H3. The van der Waals surface area contributed by atoms with Gasteiger partial charge in [0.15, 0.2) is 0 Å². The number of anilines is 2. The van der Waals surface area contributed by atoms with Gasteiger partial charge in [0.25, 0.3) is 0 Å². The molecule has 1 heterocycles. The summed E-state index contributed by atoms with van der Waals surface area (Å²) >= 11 is 1.60. The van der Waals surface area contributed by atoms with Crippen LogP contribution in [0.3, 0.4) is 0 Å². The van der Waals surface area contributed by atoms with E-state index < -0.39 is 0 Å².